The Morgan fingerprint density at radius 3 is 2.64 bits per heavy atom. The van der Waals surface area contributed by atoms with E-state index < -0.39 is 0 Å². The summed E-state index contributed by atoms with van der Waals surface area (Å²) in [5, 5.41) is 10.7. The van der Waals surface area contributed by atoms with Gasteiger partial charge in [0.1, 0.15) is 5.82 Å². The Bertz CT molecular complexity index is 844. The summed E-state index contributed by atoms with van der Waals surface area (Å²) in [6, 6.07) is 12.9. The molecule has 0 aliphatic carbocycles. The topological polar surface area (TPSA) is 38.0 Å². The molecule has 25 heavy (non-hydrogen) atoms. The Morgan fingerprint density at radius 1 is 1.20 bits per heavy atom. The molecule has 0 aliphatic heterocycles. The van der Waals surface area contributed by atoms with Crippen LogP contribution in [-0.2, 0) is 18.9 Å². The summed E-state index contributed by atoms with van der Waals surface area (Å²) in [7, 11) is 0. The van der Waals surface area contributed by atoms with E-state index in [1.807, 2.05) is 11.5 Å². The van der Waals surface area contributed by atoms with Gasteiger partial charge in [-0.15, -0.1) is 0 Å². The number of aliphatic hydroxyl groups excluding tert-OH is 1. The van der Waals surface area contributed by atoms with E-state index in [-0.39, 0.29) is 12.4 Å². The normalized spacial score (nSPS) is 11.0. The van der Waals surface area contributed by atoms with Crippen LogP contribution in [0.1, 0.15) is 22.4 Å². The molecular formula is C19H18ClFN2OS. The van der Waals surface area contributed by atoms with Gasteiger partial charge in [0.15, 0.2) is 5.16 Å². The van der Waals surface area contributed by atoms with Crippen LogP contribution in [0.4, 0.5) is 4.39 Å². The first kappa shape index (κ1) is 18.0. The third-order valence-electron chi connectivity index (χ3n) is 3.93. The number of thioether (sulfide) groups is 1. The Hall–Kier alpha value is -1.82. The second kappa shape index (κ2) is 8.04. The second-order valence-corrected chi connectivity index (χ2v) is 7.10. The van der Waals surface area contributed by atoms with Crippen LogP contribution in [0.2, 0.25) is 5.02 Å². The standard InChI is InChI=1S/C19H18ClFN2OS/c1-13-5-7-14(8-6-13)10-23-15(11-24)9-22-19(23)25-12-16-17(20)3-2-4-18(16)21/h2-9,24H,10-12H2,1H3. The Balaban J connectivity index is 1.82. The number of aromatic nitrogens is 2. The molecule has 0 saturated carbocycles. The quantitative estimate of drug-likeness (QED) is 0.627. The fraction of sp³-hybridized carbons (Fsp3) is 0.211. The number of imidazole rings is 1. The number of aliphatic hydroxyl groups is 1. The van der Waals surface area contributed by atoms with Crippen LogP contribution < -0.4 is 0 Å². The molecule has 3 aromatic rings. The number of benzene rings is 2. The molecule has 6 heteroatoms. The Morgan fingerprint density at radius 2 is 1.96 bits per heavy atom. The number of nitrogens with zero attached hydrogens (tertiary/aromatic N) is 2. The third kappa shape index (κ3) is 4.24. The maximum Gasteiger partial charge on any atom is 0.168 e. The van der Waals surface area contributed by atoms with Crippen LogP contribution in [0, 0.1) is 12.7 Å². The molecule has 0 saturated heterocycles. The lowest BCUT2D eigenvalue weighted by Crippen LogP contribution is -2.06. The highest BCUT2D eigenvalue weighted by molar-refractivity contribution is 7.98. The average Bonchev–Trinajstić information content (AvgIpc) is 2.98. The van der Waals surface area contributed by atoms with Gasteiger partial charge in [0.25, 0.3) is 0 Å². The van der Waals surface area contributed by atoms with Crippen LogP contribution in [0.5, 0.6) is 0 Å². The van der Waals surface area contributed by atoms with Crippen molar-refractivity contribution in [3.05, 3.63) is 81.9 Å². The van der Waals surface area contributed by atoms with Gasteiger partial charge < -0.3 is 9.67 Å². The van der Waals surface area contributed by atoms with E-state index in [1.54, 1.807) is 18.3 Å². The zero-order valence-electron chi connectivity index (χ0n) is 13.7. The summed E-state index contributed by atoms with van der Waals surface area (Å²) in [6.07, 6.45) is 1.65. The van der Waals surface area contributed by atoms with E-state index in [1.165, 1.54) is 23.4 Å². The zero-order valence-corrected chi connectivity index (χ0v) is 15.3. The molecule has 0 amide bonds. The second-order valence-electron chi connectivity index (χ2n) is 5.75. The van der Waals surface area contributed by atoms with Gasteiger partial charge in [-0.3, -0.25) is 0 Å². The molecule has 130 valence electrons. The van der Waals surface area contributed by atoms with Crippen LogP contribution >= 0.6 is 23.4 Å². The molecule has 2 aromatic carbocycles. The number of rotatable bonds is 6. The van der Waals surface area contributed by atoms with Crippen molar-refractivity contribution in [3.63, 3.8) is 0 Å². The van der Waals surface area contributed by atoms with Crippen LogP contribution in [0.25, 0.3) is 0 Å². The highest BCUT2D eigenvalue weighted by Crippen LogP contribution is 2.29. The van der Waals surface area contributed by atoms with Crippen LogP contribution in [0.3, 0.4) is 0 Å². The van der Waals surface area contributed by atoms with Crippen molar-refractivity contribution in [3.8, 4) is 0 Å². The minimum Gasteiger partial charge on any atom is -0.390 e. The van der Waals surface area contributed by atoms with Crippen molar-refractivity contribution in [1.82, 2.24) is 9.55 Å². The van der Waals surface area contributed by atoms with Crippen molar-refractivity contribution < 1.29 is 9.50 Å². The zero-order chi connectivity index (χ0) is 17.8. The molecular weight excluding hydrogens is 359 g/mol. The first-order valence-electron chi connectivity index (χ1n) is 7.85. The summed E-state index contributed by atoms with van der Waals surface area (Å²) in [6.45, 7) is 2.54. The summed E-state index contributed by atoms with van der Waals surface area (Å²) < 4.78 is 15.9. The van der Waals surface area contributed by atoms with Gasteiger partial charge in [-0.05, 0) is 24.6 Å². The predicted molar refractivity (Wildman–Crippen MR) is 99.4 cm³/mol. The van der Waals surface area contributed by atoms with E-state index in [4.69, 9.17) is 11.6 Å². The Kier molecular flexibility index (Phi) is 5.78. The molecule has 0 atom stereocenters. The minimum atomic E-state index is -0.320. The lowest BCUT2D eigenvalue weighted by atomic mass is 10.1. The molecule has 0 aliphatic rings. The van der Waals surface area contributed by atoms with Gasteiger partial charge in [0, 0.05) is 22.9 Å². The van der Waals surface area contributed by atoms with Crippen molar-refractivity contribution in [2.75, 3.05) is 0 Å². The molecule has 1 aromatic heterocycles. The molecule has 0 bridgehead atoms. The Labute approximate surface area is 155 Å². The molecule has 0 unspecified atom stereocenters. The van der Waals surface area contributed by atoms with Gasteiger partial charge in [0.05, 0.1) is 18.5 Å². The summed E-state index contributed by atoms with van der Waals surface area (Å²) in [5.74, 6) is 0.0559. The first-order valence-corrected chi connectivity index (χ1v) is 9.21. The molecule has 0 fully saturated rings. The van der Waals surface area contributed by atoms with E-state index >= 15 is 0 Å². The molecule has 1 heterocycles. The number of hydrogen-bond donors (Lipinski definition) is 1. The average molecular weight is 377 g/mol. The van der Waals surface area contributed by atoms with E-state index in [0.29, 0.717) is 22.9 Å². The minimum absolute atomic E-state index is 0.0973. The number of aryl methyl sites for hydroxylation is 1. The maximum absolute atomic E-state index is 13.9. The SMILES string of the molecule is Cc1ccc(Cn2c(CO)cnc2SCc2c(F)cccc2Cl)cc1. The highest BCUT2D eigenvalue weighted by Gasteiger charge is 2.13. The lowest BCUT2D eigenvalue weighted by molar-refractivity contribution is 0.270. The molecule has 0 radical (unpaired) electrons. The molecule has 0 spiro atoms. The smallest absolute Gasteiger partial charge is 0.168 e. The van der Waals surface area contributed by atoms with Crippen molar-refractivity contribution in [1.29, 1.82) is 0 Å². The van der Waals surface area contributed by atoms with E-state index in [2.05, 4.69) is 29.2 Å². The van der Waals surface area contributed by atoms with Crippen LogP contribution in [0.15, 0.2) is 53.8 Å². The van der Waals surface area contributed by atoms with Gasteiger partial charge >= 0.3 is 0 Å². The van der Waals surface area contributed by atoms with Gasteiger partial charge in [-0.25, -0.2) is 9.37 Å². The van der Waals surface area contributed by atoms with E-state index in [9.17, 15) is 9.50 Å². The highest BCUT2D eigenvalue weighted by atomic mass is 35.5. The van der Waals surface area contributed by atoms with E-state index in [0.717, 1.165) is 16.4 Å². The van der Waals surface area contributed by atoms with Crippen molar-refractivity contribution in [2.24, 2.45) is 0 Å². The van der Waals surface area contributed by atoms with Crippen molar-refractivity contribution >= 4 is 23.4 Å². The summed E-state index contributed by atoms with van der Waals surface area (Å²) in [4.78, 5) is 4.38. The predicted octanol–water partition coefficient (Wildman–Crippen LogP) is 4.82. The summed E-state index contributed by atoms with van der Waals surface area (Å²) in [5.41, 5.74) is 3.50. The fourth-order valence-corrected chi connectivity index (χ4v) is 3.83. The first-order chi connectivity index (χ1) is 12.1. The molecule has 3 rings (SSSR count). The summed E-state index contributed by atoms with van der Waals surface area (Å²) >= 11 is 7.50. The third-order valence-corrected chi connectivity index (χ3v) is 5.30. The van der Waals surface area contributed by atoms with Gasteiger partial charge in [-0.2, -0.15) is 0 Å². The number of hydrogen-bond acceptors (Lipinski definition) is 3. The van der Waals surface area contributed by atoms with Gasteiger partial charge in [0.2, 0.25) is 0 Å². The van der Waals surface area contributed by atoms with Crippen LogP contribution in [-0.4, -0.2) is 14.7 Å². The monoisotopic (exact) mass is 376 g/mol. The fourth-order valence-electron chi connectivity index (χ4n) is 2.49. The largest absolute Gasteiger partial charge is 0.390 e. The number of halogens is 2. The maximum atomic E-state index is 13.9. The molecule has 3 nitrogen and oxygen atoms in total. The molecule has 1 N–H and O–H groups in total. The van der Waals surface area contributed by atoms with Gasteiger partial charge in [-0.1, -0.05) is 59.3 Å². The lowest BCUT2D eigenvalue weighted by Gasteiger charge is -2.12. The van der Waals surface area contributed by atoms with Crippen molar-refractivity contribution in [2.45, 2.75) is 31.0 Å².